The number of carbonyl (C=O) groups excluding carboxylic acids is 3. The number of hydrogen-bond donors (Lipinski definition) is 3. The molecule has 1 aromatic heterocycles. The van der Waals surface area contributed by atoms with Gasteiger partial charge in [0.05, 0.1) is 29.4 Å². The van der Waals surface area contributed by atoms with E-state index < -0.39 is 117 Å². The summed E-state index contributed by atoms with van der Waals surface area (Å²) < 4.78 is 126. The molecule has 15 nitrogen and oxygen atoms in total. The lowest BCUT2D eigenvalue weighted by Crippen LogP contribution is -2.66. The SMILES string of the molecule is CC[C@@H]1C[C@H](C)CCC=C[C@@H]2C[C@@]2(C(=O)NS(=O)(=O)C2(C)CC2)NC(=O)[C@@H]2C[C@@H](Oc3nc4cc(OC)ccc4nc3C(F)(F)F)CN2C(=O)[C@H]1N(C(=O)O)C(C)(C)C(F)(F)F. The number of amides is 4. The fourth-order valence-electron chi connectivity index (χ4n) is 8.34. The molecule has 0 unspecified atom stereocenters. The van der Waals surface area contributed by atoms with E-state index in [4.69, 9.17) is 9.47 Å². The molecule has 4 amide bonds. The van der Waals surface area contributed by atoms with Crippen LogP contribution in [0.25, 0.3) is 11.0 Å². The first kappa shape index (κ1) is 46.6. The van der Waals surface area contributed by atoms with Crippen LogP contribution in [0.4, 0.5) is 31.1 Å². The van der Waals surface area contributed by atoms with Crippen LogP contribution in [-0.4, -0.2) is 111 Å². The number of fused-ring (bicyclic) bond motifs is 3. The number of sulfonamides is 1. The summed E-state index contributed by atoms with van der Waals surface area (Å²) in [7, 11) is -2.91. The Balaban J connectivity index is 1.47. The van der Waals surface area contributed by atoms with E-state index >= 15 is 4.79 Å². The first-order valence-corrected chi connectivity index (χ1v) is 21.7. The van der Waals surface area contributed by atoms with Gasteiger partial charge < -0.3 is 24.8 Å². The van der Waals surface area contributed by atoms with Crippen LogP contribution in [0.15, 0.2) is 30.4 Å². The van der Waals surface area contributed by atoms with E-state index in [-0.39, 0.29) is 59.7 Å². The molecule has 62 heavy (non-hydrogen) atoms. The Labute approximate surface area is 354 Å². The van der Waals surface area contributed by atoms with Gasteiger partial charge in [-0.25, -0.2) is 23.2 Å². The highest BCUT2D eigenvalue weighted by atomic mass is 32.2. The van der Waals surface area contributed by atoms with Crippen molar-refractivity contribution in [2.45, 2.75) is 132 Å². The van der Waals surface area contributed by atoms with Gasteiger partial charge in [0.1, 0.15) is 35.0 Å². The molecule has 1 aromatic carbocycles. The third-order valence-electron chi connectivity index (χ3n) is 12.7. The molecule has 2 aliphatic heterocycles. The summed E-state index contributed by atoms with van der Waals surface area (Å²) in [6, 6.07) is 0.0227. The predicted molar refractivity (Wildman–Crippen MR) is 209 cm³/mol. The molecule has 7 atom stereocenters. The van der Waals surface area contributed by atoms with Gasteiger partial charge in [0.15, 0.2) is 0 Å². The Morgan fingerprint density at radius 1 is 1.08 bits per heavy atom. The normalized spacial score (nSPS) is 28.2. The molecule has 2 aliphatic carbocycles. The lowest BCUT2D eigenvalue weighted by atomic mass is 9.82. The number of carboxylic acid groups (broad SMARTS) is 1. The number of alkyl halides is 6. The van der Waals surface area contributed by atoms with E-state index in [0.717, 1.165) is 4.90 Å². The van der Waals surface area contributed by atoms with Crippen LogP contribution in [0.5, 0.6) is 11.6 Å². The number of nitrogens with zero attached hydrogens (tertiary/aromatic N) is 4. The zero-order chi connectivity index (χ0) is 46.0. The zero-order valence-electron chi connectivity index (χ0n) is 34.9. The van der Waals surface area contributed by atoms with Gasteiger partial charge in [0.2, 0.25) is 33.4 Å². The maximum Gasteiger partial charge on any atom is 0.438 e. The van der Waals surface area contributed by atoms with E-state index in [0.29, 0.717) is 26.7 Å². The average molecular weight is 905 g/mol. The summed E-state index contributed by atoms with van der Waals surface area (Å²) in [6.45, 7) is 5.25. The summed E-state index contributed by atoms with van der Waals surface area (Å²) >= 11 is 0. The Hall–Kier alpha value is -4.89. The second-order valence-electron chi connectivity index (χ2n) is 17.5. The Kier molecular flexibility index (Phi) is 12.3. The number of aromatic nitrogens is 2. The van der Waals surface area contributed by atoms with Crippen molar-refractivity contribution in [1.82, 2.24) is 29.8 Å². The molecule has 6 rings (SSSR count). The molecule has 1 saturated heterocycles. The number of hydrogen-bond acceptors (Lipinski definition) is 10. The third-order valence-corrected chi connectivity index (χ3v) is 14.9. The molecular formula is C40H50F6N6O9S. The first-order valence-electron chi connectivity index (χ1n) is 20.2. The standard InChI is InChI=1S/C40H50F6N6O9S/c1-7-22-16-21(2)10-8-9-11-23-19-38(23,34(55)50-62(58,59)37(5)14-15-37)49-31(53)28-18-25(20-51(28)33(54)29(22)52(35(56)57)36(3,4)40(44,45)46)61-32-30(39(41,42)43)47-26-13-12-24(60-6)17-27(26)48-32/h9,11-13,17,21-23,25,28-29H,7-8,10,14-16,18-20H2,1-6H3,(H,49,53)(H,50,55)(H,56,57)/t21-,22-,23-,25-,28+,29+,38-/m1/s1. The average Bonchev–Trinajstić information content (AvgIpc) is 4.05. The van der Waals surface area contributed by atoms with Crippen molar-refractivity contribution in [3.8, 4) is 11.6 Å². The molecule has 0 bridgehead atoms. The van der Waals surface area contributed by atoms with Gasteiger partial charge in [-0.05, 0) is 83.3 Å². The highest BCUT2D eigenvalue weighted by Crippen LogP contribution is 2.48. The van der Waals surface area contributed by atoms with Crippen molar-refractivity contribution in [2.24, 2.45) is 17.8 Å². The third kappa shape index (κ3) is 8.84. The zero-order valence-corrected chi connectivity index (χ0v) is 35.7. The number of nitrogens with one attached hydrogen (secondary N) is 2. The van der Waals surface area contributed by atoms with Crippen LogP contribution in [0.1, 0.15) is 91.7 Å². The second-order valence-corrected chi connectivity index (χ2v) is 19.7. The Bertz CT molecular complexity index is 2250. The smallest absolute Gasteiger partial charge is 0.438 e. The van der Waals surface area contributed by atoms with Gasteiger partial charge >= 0.3 is 18.4 Å². The quantitative estimate of drug-likeness (QED) is 0.198. The molecule has 3 N–H and O–H groups in total. The van der Waals surface area contributed by atoms with Crippen LogP contribution >= 0.6 is 0 Å². The van der Waals surface area contributed by atoms with Crippen molar-refractivity contribution in [1.29, 1.82) is 0 Å². The topological polar surface area (TPSA) is 197 Å². The van der Waals surface area contributed by atoms with Crippen LogP contribution < -0.4 is 19.5 Å². The van der Waals surface area contributed by atoms with Gasteiger partial charge in [-0.15, -0.1) is 0 Å². The van der Waals surface area contributed by atoms with Crippen molar-refractivity contribution >= 4 is 44.9 Å². The van der Waals surface area contributed by atoms with Gasteiger partial charge in [-0.2, -0.15) is 26.3 Å². The molecule has 342 valence electrons. The molecule has 0 spiro atoms. The van der Waals surface area contributed by atoms with E-state index in [1.807, 2.05) is 0 Å². The number of carbonyl (C=O) groups is 4. The molecule has 0 radical (unpaired) electrons. The summed E-state index contributed by atoms with van der Waals surface area (Å²) in [5.41, 5.74) is -6.89. The maximum absolute atomic E-state index is 15.1. The number of halogens is 6. The predicted octanol–water partition coefficient (Wildman–Crippen LogP) is 5.97. The molecule has 2 aromatic rings. The van der Waals surface area contributed by atoms with Gasteiger partial charge in [-0.3, -0.25) is 24.0 Å². The molecule has 3 heterocycles. The van der Waals surface area contributed by atoms with Crippen LogP contribution in [0.2, 0.25) is 0 Å². The minimum atomic E-state index is -5.21. The lowest BCUT2D eigenvalue weighted by Gasteiger charge is -2.46. The van der Waals surface area contributed by atoms with Crippen molar-refractivity contribution in [2.75, 3.05) is 13.7 Å². The Morgan fingerprint density at radius 2 is 1.76 bits per heavy atom. The summed E-state index contributed by atoms with van der Waals surface area (Å²) in [4.78, 5) is 65.2. The van der Waals surface area contributed by atoms with Gasteiger partial charge in [-0.1, -0.05) is 32.4 Å². The van der Waals surface area contributed by atoms with Crippen molar-refractivity contribution in [3.05, 3.63) is 36.0 Å². The van der Waals surface area contributed by atoms with Crippen LogP contribution in [-0.2, 0) is 30.6 Å². The van der Waals surface area contributed by atoms with E-state index in [2.05, 4.69) is 20.0 Å². The van der Waals surface area contributed by atoms with E-state index in [9.17, 15) is 54.3 Å². The van der Waals surface area contributed by atoms with Crippen LogP contribution in [0, 0.1) is 17.8 Å². The molecule has 3 fully saturated rings. The second kappa shape index (κ2) is 16.3. The van der Waals surface area contributed by atoms with E-state index in [1.165, 1.54) is 32.2 Å². The lowest BCUT2D eigenvalue weighted by molar-refractivity contribution is -0.222. The largest absolute Gasteiger partial charge is 0.497 e. The van der Waals surface area contributed by atoms with Crippen molar-refractivity contribution < 1.29 is 68.5 Å². The highest BCUT2D eigenvalue weighted by molar-refractivity contribution is 7.91. The minimum Gasteiger partial charge on any atom is -0.497 e. The molecule has 22 heteroatoms. The van der Waals surface area contributed by atoms with Gasteiger partial charge in [0.25, 0.3) is 5.91 Å². The number of rotatable bonds is 9. The molecule has 4 aliphatic rings. The summed E-state index contributed by atoms with van der Waals surface area (Å²) in [6.07, 6.45) is -9.90. The van der Waals surface area contributed by atoms with Crippen LogP contribution in [0.3, 0.4) is 0 Å². The number of allylic oxidation sites excluding steroid dienone is 1. The fourth-order valence-corrected chi connectivity index (χ4v) is 9.65. The summed E-state index contributed by atoms with van der Waals surface area (Å²) in [5, 5.41) is 13.1. The maximum atomic E-state index is 15.1. The van der Waals surface area contributed by atoms with Gasteiger partial charge in [0, 0.05) is 18.4 Å². The molecular weight excluding hydrogens is 855 g/mol. The Morgan fingerprint density at radius 3 is 2.34 bits per heavy atom. The van der Waals surface area contributed by atoms with Crippen molar-refractivity contribution in [3.63, 3.8) is 0 Å². The first-order chi connectivity index (χ1) is 28.7. The van der Waals surface area contributed by atoms with E-state index in [1.54, 1.807) is 26.0 Å². The number of benzene rings is 1. The number of ether oxygens (including phenoxy) is 2. The molecule has 2 saturated carbocycles. The minimum absolute atomic E-state index is 0.00275. The fraction of sp³-hybridized carbons (Fsp3) is 0.650. The summed E-state index contributed by atoms with van der Waals surface area (Å²) in [5.74, 6) is -6.38. The monoisotopic (exact) mass is 904 g/mol. The number of methoxy groups -OCH3 is 1. The highest BCUT2D eigenvalue weighted by Gasteiger charge is 2.64.